The number of ether oxygens (including phenoxy) is 2. The van der Waals surface area contributed by atoms with Crippen molar-refractivity contribution in [1.29, 1.82) is 0 Å². The molecular weight excluding hydrogens is 845 g/mol. The van der Waals surface area contributed by atoms with Crippen LogP contribution in [-0.2, 0) is 14.1 Å². The molecule has 2 saturated heterocycles. The first-order valence-corrected chi connectivity index (χ1v) is 19.5. The van der Waals surface area contributed by atoms with E-state index in [-0.39, 0.29) is 5.56 Å². The molecule has 2 fully saturated rings. The van der Waals surface area contributed by atoms with E-state index in [1.54, 1.807) is 46.0 Å². The second-order valence-electron chi connectivity index (χ2n) is 13.4. The van der Waals surface area contributed by atoms with E-state index in [9.17, 15) is 18.0 Å². The van der Waals surface area contributed by atoms with Crippen LogP contribution in [0.25, 0.3) is 22.5 Å². The average Bonchev–Trinajstić information content (AvgIpc) is 3.94. The Morgan fingerprint density at radius 2 is 1.36 bits per heavy atom. The van der Waals surface area contributed by atoms with Crippen molar-refractivity contribution in [3.8, 4) is 34.0 Å². The van der Waals surface area contributed by atoms with Crippen LogP contribution in [0.1, 0.15) is 23.2 Å². The monoisotopic (exact) mass is 886 g/mol. The van der Waals surface area contributed by atoms with Crippen LogP contribution in [0.3, 0.4) is 0 Å². The maximum atomic E-state index is 13.5. The first-order chi connectivity index (χ1) is 26.4. The minimum Gasteiger partial charge on any atom is -0.492 e. The predicted octanol–water partition coefficient (Wildman–Crippen LogP) is 7.52. The number of benzene rings is 3. The third-order valence-corrected chi connectivity index (χ3v) is 10.5. The molecule has 11 nitrogen and oxygen atoms in total. The fourth-order valence-electron chi connectivity index (χ4n) is 6.58. The van der Waals surface area contributed by atoms with Gasteiger partial charge in [-0.05, 0) is 99.3 Å². The number of likely N-dealkylation sites (tertiary alicyclic amines) is 2. The molecule has 0 bridgehead atoms. The van der Waals surface area contributed by atoms with Crippen molar-refractivity contribution in [1.82, 2.24) is 29.4 Å². The van der Waals surface area contributed by atoms with Gasteiger partial charge in [0.15, 0.2) is 0 Å². The van der Waals surface area contributed by atoms with Gasteiger partial charge in [-0.2, -0.15) is 10.2 Å². The number of amides is 1. The molecule has 5 aromatic rings. The number of nitrogens with two attached hydrogens (primary N) is 1. The number of alkyl halides is 2. The van der Waals surface area contributed by atoms with Gasteiger partial charge in [0.1, 0.15) is 42.9 Å². The van der Waals surface area contributed by atoms with Gasteiger partial charge >= 0.3 is 0 Å². The highest BCUT2D eigenvalue weighted by Gasteiger charge is 2.23. The number of carbonyl (C=O) groups is 1. The molecule has 2 aromatic heterocycles. The summed E-state index contributed by atoms with van der Waals surface area (Å²) in [5, 5.41) is 11.3. The molecule has 0 spiro atoms. The summed E-state index contributed by atoms with van der Waals surface area (Å²) in [4.78, 5) is 16.7. The van der Waals surface area contributed by atoms with Crippen molar-refractivity contribution in [3.63, 3.8) is 0 Å². The molecule has 0 unspecified atom stereocenters. The van der Waals surface area contributed by atoms with Gasteiger partial charge in [0.2, 0.25) is 0 Å². The van der Waals surface area contributed by atoms with Gasteiger partial charge in [-0.15, -0.1) is 0 Å². The van der Waals surface area contributed by atoms with Crippen molar-refractivity contribution in [2.45, 2.75) is 25.2 Å². The quantitative estimate of drug-likeness (QED) is 0.124. The highest BCUT2D eigenvalue weighted by Crippen LogP contribution is 2.38. The first-order valence-electron chi connectivity index (χ1n) is 17.9. The van der Waals surface area contributed by atoms with Crippen LogP contribution in [0, 0.1) is 5.82 Å². The van der Waals surface area contributed by atoms with E-state index in [4.69, 9.17) is 15.2 Å². The number of nitrogens with one attached hydrogen (secondary N) is 1. The standard InChI is InChI=1S/C23H23BrF2N4O2.C16H20BrFN4O/c1-29-22(20(24)13-27-29)19-12-18(28-23(31)15-3-2-4-16(25)11-15)5-6-21(19)32-10-9-30-8-7-17(26)14-30;1-21-16(14(17)9-20-21)13-8-12(19)2-3-15(13)23-7-6-22-5-4-11(18)10-22/h2-6,11-13,17H,7-10,14H2,1H3,(H,28,31);2-3,8-9,11H,4-7,10,19H2,1H3/t17-;11-/m00/s1. The number of anilines is 2. The Labute approximate surface area is 334 Å². The largest absolute Gasteiger partial charge is 0.492 e. The zero-order chi connectivity index (χ0) is 39.1. The lowest BCUT2D eigenvalue weighted by Crippen LogP contribution is -2.26. The Balaban J connectivity index is 0.000000197. The van der Waals surface area contributed by atoms with Gasteiger partial charge in [-0.25, -0.2) is 13.2 Å². The fraction of sp³-hybridized carbons (Fsp3) is 0.359. The molecule has 2 aliphatic rings. The van der Waals surface area contributed by atoms with E-state index < -0.39 is 24.1 Å². The second-order valence-corrected chi connectivity index (χ2v) is 15.1. The fourth-order valence-corrected chi connectivity index (χ4v) is 7.71. The van der Waals surface area contributed by atoms with Gasteiger partial charge in [-0.1, -0.05) is 6.07 Å². The number of hydrogen-bond donors (Lipinski definition) is 2. The molecule has 0 saturated carbocycles. The number of aryl methyl sites for hydroxylation is 2. The molecule has 16 heteroatoms. The summed E-state index contributed by atoms with van der Waals surface area (Å²) in [6, 6.07) is 16.4. The SMILES string of the molecule is Cn1ncc(Br)c1-c1cc(N)ccc1OCCN1CC[C@H](F)C1.Cn1ncc(Br)c1-c1cc(NC(=O)c2cccc(F)c2)ccc1OCCN1CC[C@H](F)C1. The maximum absolute atomic E-state index is 13.5. The van der Waals surface area contributed by atoms with Crippen molar-refractivity contribution < 1.29 is 27.4 Å². The van der Waals surface area contributed by atoms with Gasteiger partial charge in [0.05, 0.1) is 32.7 Å². The van der Waals surface area contributed by atoms with Crippen LogP contribution in [-0.4, -0.2) is 100 Å². The Hall–Kier alpha value is -4.38. The molecule has 3 aromatic carbocycles. The first kappa shape index (κ1) is 40.3. The Bertz CT molecular complexity index is 2060. The van der Waals surface area contributed by atoms with E-state index in [1.807, 2.05) is 37.2 Å². The molecule has 1 amide bonds. The Kier molecular flexibility index (Phi) is 13.6. The zero-order valence-electron chi connectivity index (χ0n) is 30.5. The van der Waals surface area contributed by atoms with Crippen LogP contribution in [0.4, 0.5) is 24.5 Å². The molecular formula is C39H43Br2F3N8O3. The van der Waals surface area contributed by atoms with Crippen molar-refractivity contribution in [2.75, 3.05) is 63.5 Å². The summed E-state index contributed by atoms with van der Waals surface area (Å²) in [5.41, 5.74) is 10.7. The molecule has 292 valence electrons. The minimum atomic E-state index is -0.767. The van der Waals surface area contributed by atoms with E-state index in [2.05, 4.69) is 52.3 Å². The lowest BCUT2D eigenvalue weighted by molar-refractivity contribution is 0.102. The summed E-state index contributed by atoms with van der Waals surface area (Å²) in [6.45, 7) is 4.74. The second kappa shape index (κ2) is 18.5. The van der Waals surface area contributed by atoms with Crippen LogP contribution in [0.2, 0.25) is 0 Å². The predicted molar refractivity (Wildman–Crippen MR) is 214 cm³/mol. The molecule has 3 N–H and O–H groups in total. The molecule has 7 rings (SSSR count). The summed E-state index contributed by atoms with van der Waals surface area (Å²) in [6.07, 6.45) is 3.14. The number of carbonyl (C=O) groups excluding carboxylic acids is 1. The third-order valence-electron chi connectivity index (χ3n) is 9.39. The maximum Gasteiger partial charge on any atom is 0.255 e. The number of nitrogen functional groups attached to an aromatic ring is 1. The molecule has 55 heavy (non-hydrogen) atoms. The Morgan fingerprint density at radius 1 is 0.818 bits per heavy atom. The van der Waals surface area contributed by atoms with Crippen LogP contribution in [0.15, 0.2) is 82.0 Å². The van der Waals surface area contributed by atoms with Gasteiger partial charge in [0.25, 0.3) is 5.91 Å². The van der Waals surface area contributed by atoms with E-state index in [0.29, 0.717) is 62.8 Å². The van der Waals surface area contributed by atoms with E-state index in [0.717, 1.165) is 56.8 Å². The average molecular weight is 889 g/mol. The summed E-state index contributed by atoms with van der Waals surface area (Å²) in [5.74, 6) is 0.481. The number of rotatable bonds is 12. The Morgan fingerprint density at radius 3 is 1.85 bits per heavy atom. The van der Waals surface area contributed by atoms with Crippen molar-refractivity contribution >= 4 is 49.1 Å². The van der Waals surface area contributed by atoms with Crippen LogP contribution in [0.5, 0.6) is 11.5 Å². The number of hydrogen-bond acceptors (Lipinski definition) is 8. The number of halogens is 5. The third kappa shape index (κ3) is 10.5. The van der Waals surface area contributed by atoms with Crippen LogP contribution >= 0.6 is 31.9 Å². The van der Waals surface area contributed by atoms with E-state index >= 15 is 0 Å². The molecule has 0 radical (unpaired) electrons. The highest BCUT2D eigenvalue weighted by molar-refractivity contribution is 9.11. The molecule has 4 heterocycles. The molecule has 2 atom stereocenters. The summed E-state index contributed by atoms with van der Waals surface area (Å²) >= 11 is 7.03. The van der Waals surface area contributed by atoms with Crippen molar-refractivity contribution in [2.24, 2.45) is 14.1 Å². The summed E-state index contributed by atoms with van der Waals surface area (Å²) < 4.78 is 57.2. The van der Waals surface area contributed by atoms with Gasteiger partial charge in [-0.3, -0.25) is 24.0 Å². The normalized spacial score (nSPS) is 17.2. The summed E-state index contributed by atoms with van der Waals surface area (Å²) in [7, 11) is 3.69. The van der Waals surface area contributed by atoms with Gasteiger partial charge < -0.3 is 20.5 Å². The minimum absolute atomic E-state index is 0.227. The van der Waals surface area contributed by atoms with Crippen molar-refractivity contribution in [3.05, 3.63) is 93.4 Å². The highest BCUT2D eigenvalue weighted by atomic mass is 79.9. The van der Waals surface area contributed by atoms with Gasteiger partial charge in [0, 0.05) is 81.4 Å². The lowest BCUT2D eigenvalue weighted by Gasteiger charge is -2.18. The lowest BCUT2D eigenvalue weighted by atomic mass is 10.1. The van der Waals surface area contributed by atoms with E-state index in [1.165, 1.54) is 18.2 Å². The molecule has 2 aliphatic heterocycles. The van der Waals surface area contributed by atoms with Crippen LogP contribution < -0.4 is 20.5 Å². The zero-order valence-corrected chi connectivity index (χ0v) is 33.7. The number of aromatic nitrogens is 4. The number of nitrogens with zero attached hydrogens (tertiary/aromatic N) is 6. The topological polar surface area (TPSA) is 116 Å². The molecule has 0 aliphatic carbocycles. The smallest absolute Gasteiger partial charge is 0.255 e.